The van der Waals surface area contributed by atoms with Gasteiger partial charge in [-0.1, -0.05) is 59.6 Å². The van der Waals surface area contributed by atoms with Crippen LogP contribution in [0.15, 0.2) is 48.5 Å². The first-order valence-electron chi connectivity index (χ1n) is 14.0. The molecule has 0 unspecified atom stereocenters. The molecule has 2 N–H and O–H groups in total. The van der Waals surface area contributed by atoms with Gasteiger partial charge in [0.25, 0.3) is 0 Å². The van der Waals surface area contributed by atoms with Crippen molar-refractivity contribution in [3.05, 3.63) is 69.7 Å². The van der Waals surface area contributed by atoms with E-state index in [9.17, 15) is 9.59 Å². The summed E-state index contributed by atoms with van der Waals surface area (Å²) >= 11 is 12.8. The van der Waals surface area contributed by atoms with Crippen LogP contribution in [0.25, 0.3) is 0 Å². The Bertz CT molecular complexity index is 941. The Morgan fingerprint density at radius 2 is 0.974 bits per heavy atom. The number of nitrogens with zero attached hydrogens (tertiary/aromatic N) is 2. The van der Waals surface area contributed by atoms with Crippen LogP contribution in [-0.2, 0) is 22.7 Å². The van der Waals surface area contributed by atoms with Gasteiger partial charge >= 0.3 is 11.8 Å². The molecule has 2 amide bonds. The molecule has 0 bridgehead atoms. The monoisotopic (exact) mass is 564 g/mol. The van der Waals surface area contributed by atoms with Gasteiger partial charge in [-0.05, 0) is 39.8 Å². The van der Waals surface area contributed by atoms with E-state index < -0.39 is 11.8 Å². The second kappa shape index (κ2) is 16.1. The molecule has 210 valence electrons. The summed E-state index contributed by atoms with van der Waals surface area (Å²) in [6.45, 7) is 17.1. The van der Waals surface area contributed by atoms with Gasteiger partial charge in [0, 0.05) is 47.1 Å². The Labute approximate surface area is 239 Å². The van der Waals surface area contributed by atoms with E-state index in [1.807, 2.05) is 36.4 Å². The van der Waals surface area contributed by atoms with Crippen LogP contribution in [0, 0.1) is 0 Å². The van der Waals surface area contributed by atoms with Gasteiger partial charge in [0.1, 0.15) is 13.1 Å². The minimum Gasteiger partial charge on any atom is -0.348 e. The fourth-order valence-corrected chi connectivity index (χ4v) is 5.45. The molecule has 0 heterocycles. The fraction of sp³-hybridized carbons (Fsp3) is 0.533. The molecule has 0 spiro atoms. The number of carbonyl (C=O) groups excluding carboxylic acids is 2. The third kappa shape index (κ3) is 9.57. The zero-order chi connectivity index (χ0) is 28.0. The number of rotatable bonds is 16. The molecule has 38 heavy (non-hydrogen) atoms. The first-order chi connectivity index (χ1) is 18.2. The highest BCUT2D eigenvalue weighted by atomic mass is 35.5. The second-order valence-corrected chi connectivity index (χ2v) is 10.9. The van der Waals surface area contributed by atoms with E-state index >= 15 is 0 Å². The Hall–Kier alpha value is -2.12. The van der Waals surface area contributed by atoms with Gasteiger partial charge in [0.2, 0.25) is 0 Å². The van der Waals surface area contributed by atoms with Crippen molar-refractivity contribution in [2.45, 2.75) is 53.6 Å². The van der Waals surface area contributed by atoms with Gasteiger partial charge in [-0.2, -0.15) is 0 Å². The van der Waals surface area contributed by atoms with Crippen molar-refractivity contribution in [3.8, 4) is 0 Å². The highest BCUT2D eigenvalue weighted by Crippen LogP contribution is 2.23. The third-order valence-electron chi connectivity index (χ3n) is 8.01. The van der Waals surface area contributed by atoms with Crippen molar-refractivity contribution in [1.29, 1.82) is 0 Å². The number of carbonyl (C=O) groups is 2. The molecule has 0 saturated heterocycles. The van der Waals surface area contributed by atoms with Crippen LogP contribution in [0.3, 0.4) is 0 Å². The lowest BCUT2D eigenvalue weighted by Crippen LogP contribution is -2.49. The highest BCUT2D eigenvalue weighted by molar-refractivity contribution is 6.35. The zero-order valence-electron chi connectivity index (χ0n) is 23.6. The maximum absolute atomic E-state index is 12.4. The quantitative estimate of drug-likeness (QED) is 0.162. The predicted molar refractivity (Wildman–Crippen MR) is 158 cm³/mol. The molecule has 0 radical (unpaired) electrons. The van der Waals surface area contributed by atoms with E-state index in [1.165, 1.54) is 0 Å². The molecule has 0 saturated carbocycles. The number of hydrogen-bond donors (Lipinski definition) is 2. The van der Waals surface area contributed by atoms with Gasteiger partial charge in [0.05, 0.1) is 39.3 Å². The van der Waals surface area contributed by atoms with E-state index in [4.69, 9.17) is 23.2 Å². The van der Waals surface area contributed by atoms with Crippen molar-refractivity contribution in [1.82, 2.24) is 10.6 Å². The van der Waals surface area contributed by atoms with Crippen molar-refractivity contribution < 1.29 is 18.6 Å². The number of hydrogen-bond acceptors (Lipinski definition) is 2. The molecular formula is C30H46Cl2N4O2+2. The van der Waals surface area contributed by atoms with E-state index in [0.717, 1.165) is 95.3 Å². The molecule has 8 heteroatoms. The Kier molecular flexibility index (Phi) is 13.6. The molecule has 0 aliphatic carbocycles. The van der Waals surface area contributed by atoms with Crippen molar-refractivity contribution in [3.63, 3.8) is 0 Å². The van der Waals surface area contributed by atoms with Crippen molar-refractivity contribution >= 4 is 35.0 Å². The SMILES string of the molecule is CC[N+](CC)(CCCNC(=O)C(=O)NCCC[N+](CC)(CC)Cc1ccccc1Cl)Cc1ccccc1Cl. The Morgan fingerprint density at radius 1 is 0.632 bits per heavy atom. The predicted octanol–water partition coefficient (Wildman–Crippen LogP) is 5.42. The van der Waals surface area contributed by atoms with Crippen LogP contribution in [0.2, 0.25) is 10.0 Å². The smallest absolute Gasteiger partial charge is 0.309 e. The molecule has 2 aromatic carbocycles. The van der Waals surface area contributed by atoms with Crippen LogP contribution in [0.5, 0.6) is 0 Å². The summed E-state index contributed by atoms with van der Waals surface area (Å²) in [5, 5.41) is 7.17. The number of quaternary nitrogens is 2. The molecule has 0 atom stereocenters. The Balaban J connectivity index is 1.76. The summed E-state index contributed by atoms with van der Waals surface area (Å²) in [5.41, 5.74) is 2.28. The van der Waals surface area contributed by atoms with Gasteiger partial charge in [0.15, 0.2) is 0 Å². The lowest BCUT2D eigenvalue weighted by molar-refractivity contribution is -0.937. The molecule has 0 fully saturated rings. The van der Waals surface area contributed by atoms with E-state index in [2.05, 4.69) is 50.5 Å². The first-order valence-corrected chi connectivity index (χ1v) is 14.7. The average molecular weight is 566 g/mol. The average Bonchev–Trinajstić information content (AvgIpc) is 2.94. The molecule has 6 nitrogen and oxygen atoms in total. The molecule has 2 aromatic rings. The third-order valence-corrected chi connectivity index (χ3v) is 8.74. The first kappa shape index (κ1) is 32.1. The number of halogens is 2. The van der Waals surface area contributed by atoms with E-state index in [1.54, 1.807) is 0 Å². The second-order valence-electron chi connectivity index (χ2n) is 10.1. The summed E-state index contributed by atoms with van der Waals surface area (Å²) < 4.78 is 1.77. The molecule has 0 aliphatic heterocycles. The molecule has 0 aliphatic rings. The van der Waals surface area contributed by atoms with Gasteiger partial charge in [-0.15, -0.1) is 0 Å². The Morgan fingerprint density at radius 3 is 1.29 bits per heavy atom. The molecular weight excluding hydrogens is 519 g/mol. The van der Waals surface area contributed by atoms with Crippen molar-refractivity contribution in [2.24, 2.45) is 0 Å². The number of benzene rings is 2. The van der Waals surface area contributed by atoms with Crippen LogP contribution >= 0.6 is 23.2 Å². The lowest BCUT2D eigenvalue weighted by Gasteiger charge is -2.37. The number of nitrogens with one attached hydrogen (secondary N) is 2. The standard InChI is InChI=1S/C30H44Cl2N4O2/c1-5-35(6-2,23-25-15-9-11-17-27(25)31)21-13-19-33-29(37)30(38)34-20-14-22-36(7-3,8-4)24-26-16-10-12-18-28(26)32/h9-12,15-18H,5-8,13-14,19-24H2,1-4H3/p+2. The minimum absolute atomic E-state index is 0.471. The van der Waals surface area contributed by atoms with Crippen molar-refractivity contribution in [2.75, 3.05) is 52.4 Å². The van der Waals surface area contributed by atoms with Gasteiger partial charge < -0.3 is 19.6 Å². The largest absolute Gasteiger partial charge is 0.348 e. The fourth-order valence-electron chi connectivity index (χ4n) is 5.05. The van der Waals surface area contributed by atoms with Crippen LogP contribution < -0.4 is 10.6 Å². The summed E-state index contributed by atoms with van der Waals surface area (Å²) in [6.07, 6.45) is 1.58. The summed E-state index contributed by atoms with van der Waals surface area (Å²) in [5.74, 6) is -1.13. The van der Waals surface area contributed by atoms with Crippen LogP contribution in [0.4, 0.5) is 0 Å². The number of amides is 2. The topological polar surface area (TPSA) is 58.2 Å². The molecule has 2 rings (SSSR count). The summed E-state index contributed by atoms with van der Waals surface area (Å²) in [7, 11) is 0. The highest BCUT2D eigenvalue weighted by Gasteiger charge is 2.26. The van der Waals surface area contributed by atoms with Gasteiger partial charge in [-0.3, -0.25) is 9.59 Å². The summed E-state index contributed by atoms with van der Waals surface area (Å²) in [4.78, 5) is 24.7. The lowest BCUT2D eigenvalue weighted by atomic mass is 10.1. The van der Waals surface area contributed by atoms with E-state index in [0.29, 0.717) is 13.1 Å². The normalized spacial score (nSPS) is 11.8. The zero-order valence-corrected chi connectivity index (χ0v) is 25.1. The molecule has 0 aromatic heterocycles. The summed E-state index contributed by atoms with van der Waals surface area (Å²) in [6, 6.07) is 15.9. The van der Waals surface area contributed by atoms with Crippen LogP contribution in [0.1, 0.15) is 51.7 Å². The van der Waals surface area contributed by atoms with Crippen LogP contribution in [-0.4, -0.2) is 73.1 Å². The maximum Gasteiger partial charge on any atom is 0.309 e. The van der Waals surface area contributed by atoms with E-state index in [-0.39, 0.29) is 0 Å². The maximum atomic E-state index is 12.4. The minimum atomic E-state index is -0.565. The van der Waals surface area contributed by atoms with Gasteiger partial charge in [-0.25, -0.2) is 0 Å².